The van der Waals surface area contributed by atoms with Gasteiger partial charge < -0.3 is 10.2 Å². The van der Waals surface area contributed by atoms with Crippen LogP contribution in [0.2, 0.25) is 0 Å². The van der Waals surface area contributed by atoms with E-state index in [2.05, 4.69) is 37.9 Å². The third kappa shape index (κ3) is 3.76. The van der Waals surface area contributed by atoms with Crippen molar-refractivity contribution in [1.29, 1.82) is 0 Å². The van der Waals surface area contributed by atoms with E-state index in [0.717, 1.165) is 31.1 Å². The van der Waals surface area contributed by atoms with Crippen LogP contribution in [0, 0.1) is 5.41 Å². The van der Waals surface area contributed by atoms with E-state index in [9.17, 15) is 9.59 Å². The van der Waals surface area contributed by atoms with Crippen molar-refractivity contribution in [2.75, 3.05) is 43.0 Å². The monoisotopic (exact) mass is 375 g/mol. The highest BCUT2D eigenvalue weighted by Gasteiger charge is 2.52. The summed E-state index contributed by atoms with van der Waals surface area (Å²) in [6.07, 6.45) is 0. The molecule has 0 radical (unpaired) electrons. The molecule has 0 saturated carbocycles. The van der Waals surface area contributed by atoms with Gasteiger partial charge in [0.15, 0.2) is 0 Å². The molecular weight excluding hydrogens is 346 g/mol. The second-order valence-electron chi connectivity index (χ2n) is 8.33. The number of amides is 2. The zero-order valence-corrected chi connectivity index (χ0v) is 17.0. The van der Waals surface area contributed by atoms with Crippen molar-refractivity contribution in [3.8, 4) is 0 Å². The van der Waals surface area contributed by atoms with E-state index in [0.29, 0.717) is 17.8 Å². The van der Waals surface area contributed by atoms with Crippen LogP contribution in [0.4, 0.5) is 5.69 Å². The molecule has 0 aromatic heterocycles. The molecular formula is C20H29N3O2S. The van der Waals surface area contributed by atoms with Crippen molar-refractivity contribution in [2.45, 2.75) is 33.2 Å². The third-order valence-corrected chi connectivity index (χ3v) is 7.00. The largest absolute Gasteiger partial charge is 0.337 e. The number of carbonyl (C=O) groups is 2. The summed E-state index contributed by atoms with van der Waals surface area (Å²) in [5.74, 6) is 1.99. The van der Waals surface area contributed by atoms with Gasteiger partial charge in [-0.3, -0.25) is 14.5 Å². The molecule has 0 atom stereocenters. The molecule has 3 rings (SSSR count). The van der Waals surface area contributed by atoms with Crippen LogP contribution in [-0.4, -0.2) is 64.8 Å². The van der Waals surface area contributed by atoms with Gasteiger partial charge in [-0.1, -0.05) is 19.9 Å². The average Bonchev–Trinajstić information content (AvgIpc) is 2.61. The standard InChI is InChI=1S/C20H29N3O2S/c1-19(2)14-23(20(19,3)4)13-17(24)21-16-7-5-6-15(12-16)18(25)22-8-10-26-11-9-22/h5-7,12H,8-11,13-14H2,1-4H3,(H,21,24). The van der Waals surface area contributed by atoms with E-state index in [4.69, 9.17) is 0 Å². The first-order valence-corrected chi connectivity index (χ1v) is 10.4. The smallest absolute Gasteiger partial charge is 0.253 e. The second-order valence-corrected chi connectivity index (χ2v) is 9.56. The van der Waals surface area contributed by atoms with E-state index in [1.807, 2.05) is 34.9 Å². The Bertz CT molecular complexity index is 696. The van der Waals surface area contributed by atoms with Gasteiger partial charge in [0.05, 0.1) is 6.54 Å². The van der Waals surface area contributed by atoms with Crippen LogP contribution in [0.5, 0.6) is 0 Å². The molecule has 26 heavy (non-hydrogen) atoms. The first kappa shape index (κ1) is 19.2. The van der Waals surface area contributed by atoms with Gasteiger partial charge >= 0.3 is 0 Å². The fourth-order valence-corrected chi connectivity index (χ4v) is 4.41. The Morgan fingerprint density at radius 1 is 1.15 bits per heavy atom. The molecule has 2 amide bonds. The van der Waals surface area contributed by atoms with Crippen LogP contribution in [0.15, 0.2) is 24.3 Å². The molecule has 2 fully saturated rings. The lowest BCUT2D eigenvalue weighted by Crippen LogP contribution is -2.70. The van der Waals surface area contributed by atoms with Gasteiger partial charge in [-0.15, -0.1) is 0 Å². The molecule has 6 heteroatoms. The molecule has 0 spiro atoms. The maximum Gasteiger partial charge on any atom is 0.253 e. The molecule has 0 aliphatic carbocycles. The number of nitrogens with one attached hydrogen (secondary N) is 1. The number of nitrogens with zero attached hydrogens (tertiary/aromatic N) is 2. The normalized spacial score (nSPS) is 21.8. The Kier molecular flexibility index (Phi) is 5.35. The second kappa shape index (κ2) is 7.24. The van der Waals surface area contributed by atoms with Crippen molar-refractivity contribution in [3.63, 3.8) is 0 Å². The summed E-state index contributed by atoms with van der Waals surface area (Å²) in [5.41, 5.74) is 1.55. The topological polar surface area (TPSA) is 52.7 Å². The number of hydrogen-bond donors (Lipinski definition) is 1. The van der Waals surface area contributed by atoms with Gasteiger partial charge in [0.1, 0.15) is 0 Å². The summed E-state index contributed by atoms with van der Waals surface area (Å²) in [5, 5.41) is 2.95. The molecule has 2 aliphatic heterocycles. The maximum atomic E-state index is 12.6. The van der Waals surface area contributed by atoms with Crippen LogP contribution < -0.4 is 5.32 Å². The van der Waals surface area contributed by atoms with Crippen molar-refractivity contribution < 1.29 is 9.59 Å². The number of likely N-dealkylation sites (tertiary alicyclic amines) is 1. The van der Waals surface area contributed by atoms with Crippen LogP contribution in [-0.2, 0) is 4.79 Å². The Labute approximate surface area is 160 Å². The van der Waals surface area contributed by atoms with Crippen molar-refractivity contribution in [2.24, 2.45) is 5.41 Å². The van der Waals surface area contributed by atoms with Gasteiger partial charge in [0.25, 0.3) is 5.91 Å². The number of benzene rings is 1. The van der Waals surface area contributed by atoms with Crippen molar-refractivity contribution in [3.05, 3.63) is 29.8 Å². The summed E-state index contributed by atoms with van der Waals surface area (Å²) < 4.78 is 0. The van der Waals surface area contributed by atoms with E-state index >= 15 is 0 Å². The van der Waals surface area contributed by atoms with Crippen LogP contribution in [0.3, 0.4) is 0 Å². The number of rotatable bonds is 4. The summed E-state index contributed by atoms with van der Waals surface area (Å²) in [4.78, 5) is 29.2. The molecule has 0 unspecified atom stereocenters. The minimum atomic E-state index is -0.0347. The first-order valence-electron chi connectivity index (χ1n) is 9.23. The average molecular weight is 376 g/mol. The molecule has 1 aromatic carbocycles. The number of anilines is 1. The predicted octanol–water partition coefficient (Wildman–Crippen LogP) is 2.93. The van der Waals surface area contributed by atoms with Crippen LogP contribution in [0.25, 0.3) is 0 Å². The van der Waals surface area contributed by atoms with Gasteiger partial charge in [0, 0.05) is 47.9 Å². The molecule has 1 aromatic rings. The van der Waals surface area contributed by atoms with Gasteiger partial charge in [-0.2, -0.15) is 11.8 Å². The Balaban J connectivity index is 1.60. The molecule has 2 heterocycles. The third-order valence-electron chi connectivity index (χ3n) is 6.06. The molecule has 2 aliphatic rings. The summed E-state index contributed by atoms with van der Waals surface area (Å²) in [6, 6.07) is 7.28. The lowest BCUT2D eigenvalue weighted by Gasteiger charge is -2.61. The summed E-state index contributed by atoms with van der Waals surface area (Å²) in [7, 11) is 0. The quantitative estimate of drug-likeness (QED) is 0.879. The minimum absolute atomic E-state index is 0.00836. The van der Waals surface area contributed by atoms with E-state index in [1.54, 1.807) is 6.07 Å². The molecule has 2 saturated heterocycles. The predicted molar refractivity (Wildman–Crippen MR) is 108 cm³/mol. The van der Waals surface area contributed by atoms with Gasteiger partial charge in [0.2, 0.25) is 5.91 Å². The van der Waals surface area contributed by atoms with E-state index < -0.39 is 0 Å². The highest BCUT2D eigenvalue weighted by Crippen LogP contribution is 2.45. The number of carbonyl (C=O) groups excluding carboxylic acids is 2. The van der Waals surface area contributed by atoms with Gasteiger partial charge in [-0.25, -0.2) is 0 Å². The van der Waals surface area contributed by atoms with Crippen LogP contribution in [0.1, 0.15) is 38.1 Å². The Morgan fingerprint density at radius 3 is 2.46 bits per heavy atom. The molecule has 1 N–H and O–H groups in total. The zero-order valence-electron chi connectivity index (χ0n) is 16.2. The fourth-order valence-electron chi connectivity index (χ4n) is 3.51. The van der Waals surface area contributed by atoms with Gasteiger partial charge in [-0.05, 0) is 37.5 Å². The minimum Gasteiger partial charge on any atom is -0.337 e. The Hall–Kier alpha value is -1.53. The lowest BCUT2D eigenvalue weighted by atomic mass is 9.65. The van der Waals surface area contributed by atoms with Crippen molar-refractivity contribution in [1.82, 2.24) is 9.80 Å². The number of thioether (sulfide) groups is 1. The lowest BCUT2D eigenvalue weighted by molar-refractivity contribution is -0.138. The van der Waals surface area contributed by atoms with E-state index in [-0.39, 0.29) is 22.8 Å². The fraction of sp³-hybridized carbons (Fsp3) is 0.600. The Morgan fingerprint density at radius 2 is 1.85 bits per heavy atom. The molecule has 5 nitrogen and oxygen atoms in total. The first-order chi connectivity index (χ1) is 12.2. The maximum absolute atomic E-state index is 12.6. The summed E-state index contributed by atoms with van der Waals surface area (Å²) in [6.45, 7) is 11.7. The zero-order chi connectivity index (χ0) is 18.9. The van der Waals surface area contributed by atoms with Crippen molar-refractivity contribution >= 4 is 29.3 Å². The summed E-state index contributed by atoms with van der Waals surface area (Å²) >= 11 is 1.88. The highest BCUT2D eigenvalue weighted by atomic mass is 32.2. The molecule has 0 bridgehead atoms. The van der Waals surface area contributed by atoms with Crippen LogP contribution >= 0.6 is 11.8 Å². The number of hydrogen-bond acceptors (Lipinski definition) is 4. The van der Waals surface area contributed by atoms with E-state index in [1.165, 1.54) is 0 Å². The highest BCUT2D eigenvalue weighted by molar-refractivity contribution is 7.99. The SMILES string of the molecule is CC1(C)CN(CC(=O)Nc2cccc(C(=O)N3CCSCC3)c2)C1(C)C. The molecule has 142 valence electrons.